The molecule has 3 nitrogen and oxygen atoms in total. The summed E-state index contributed by atoms with van der Waals surface area (Å²) in [5, 5.41) is 0. The lowest BCUT2D eigenvalue weighted by Gasteiger charge is -2.37. The summed E-state index contributed by atoms with van der Waals surface area (Å²) in [4.78, 5) is 14.7. The van der Waals surface area contributed by atoms with Crippen LogP contribution in [-0.2, 0) is 11.8 Å². The molecule has 0 N–H and O–H groups in total. The first-order valence-corrected chi connectivity index (χ1v) is 8.45. The van der Waals surface area contributed by atoms with Gasteiger partial charge in [-0.25, -0.2) is 0 Å². The average Bonchev–Trinajstić information content (AvgIpc) is 2.84. The zero-order valence-electron chi connectivity index (χ0n) is 12.1. The van der Waals surface area contributed by atoms with E-state index in [1.165, 1.54) is 12.1 Å². The zero-order valence-corrected chi connectivity index (χ0v) is 12.9. The van der Waals surface area contributed by atoms with Gasteiger partial charge in [0.2, 0.25) is 5.91 Å². The summed E-state index contributed by atoms with van der Waals surface area (Å²) in [7, 11) is 2.07. The highest BCUT2D eigenvalue weighted by molar-refractivity contribution is 7.98. The highest BCUT2D eigenvalue weighted by Crippen LogP contribution is 2.32. The van der Waals surface area contributed by atoms with Crippen LogP contribution >= 0.6 is 11.8 Å². The van der Waals surface area contributed by atoms with Crippen molar-refractivity contribution in [2.75, 3.05) is 18.6 Å². The van der Waals surface area contributed by atoms with E-state index in [0.29, 0.717) is 5.91 Å². The monoisotopic (exact) mass is 280 g/mol. The number of aryl methyl sites for hydroxylation is 1. The van der Waals surface area contributed by atoms with Gasteiger partial charge in [-0.2, -0.15) is 11.8 Å². The first kappa shape index (κ1) is 14.5. The van der Waals surface area contributed by atoms with Gasteiger partial charge in [-0.15, -0.1) is 0 Å². The van der Waals surface area contributed by atoms with Gasteiger partial charge in [0.1, 0.15) is 0 Å². The standard InChI is InChI=1S/C15H24N2OS/c1-12(11-19-3)15(18)17-10-5-4-7-14(17)13-8-6-9-16(13)2/h6,8-9,12,14H,4-5,7,10-11H2,1-3H3/t12-,14-/m0/s1. The van der Waals surface area contributed by atoms with E-state index >= 15 is 0 Å². The van der Waals surface area contributed by atoms with Crippen molar-refractivity contribution in [3.05, 3.63) is 24.0 Å². The number of hydrogen-bond donors (Lipinski definition) is 0. The van der Waals surface area contributed by atoms with E-state index in [9.17, 15) is 4.79 Å². The molecule has 0 bridgehead atoms. The lowest BCUT2D eigenvalue weighted by atomic mass is 9.97. The number of carbonyl (C=O) groups is 1. The maximum absolute atomic E-state index is 12.6. The summed E-state index contributed by atoms with van der Waals surface area (Å²) >= 11 is 1.75. The molecular formula is C15H24N2OS. The van der Waals surface area contributed by atoms with Crippen LogP contribution in [0, 0.1) is 5.92 Å². The second-order valence-corrected chi connectivity index (χ2v) is 6.35. The lowest BCUT2D eigenvalue weighted by Crippen LogP contribution is -2.42. The van der Waals surface area contributed by atoms with Crippen LogP contribution in [0.25, 0.3) is 0 Å². The Labute approximate surface area is 120 Å². The molecule has 1 aromatic rings. The van der Waals surface area contributed by atoms with Crippen LogP contribution in [0.1, 0.15) is 37.9 Å². The lowest BCUT2D eigenvalue weighted by molar-refractivity contribution is -0.138. The Kier molecular flexibility index (Phi) is 4.97. The van der Waals surface area contributed by atoms with E-state index in [1.54, 1.807) is 11.8 Å². The van der Waals surface area contributed by atoms with Gasteiger partial charge in [-0.1, -0.05) is 6.92 Å². The third-order valence-corrected chi connectivity index (χ3v) is 4.78. The molecule has 0 unspecified atom stereocenters. The van der Waals surface area contributed by atoms with Crippen molar-refractivity contribution >= 4 is 17.7 Å². The molecule has 4 heteroatoms. The Balaban J connectivity index is 2.17. The maximum atomic E-state index is 12.6. The molecule has 1 aliphatic rings. The zero-order chi connectivity index (χ0) is 13.8. The minimum atomic E-state index is 0.121. The Bertz CT molecular complexity index is 430. The molecule has 2 heterocycles. The van der Waals surface area contributed by atoms with Crippen LogP contribution in [-0.4, -0.2) is 33.9 Å². The summed E-state index contributed by atoms with van der Waals surface area (Å²) in [6, 6.07) is 4.48. The second-order valence-electron chi connectivity index (χ2n) is 5.44. The fourth-order valence-corrected chi connectivity index (χ4v) is 3.57. The number of thioether (sulfide) groups is 1. The number of piperidine rings is 1. The third-order valence-electron chi connectivity index (χ3n) is 3.95. The van der Waals surface area contributed by atoms with Gasteiger partial charge in [-0.3, -0.25) is 4.79 Å². The summed E-state index contributed by atoms with van der Waals surface area (Å²) in [6.45, 7) is 2.96. The van der Waals surface area contributed by atoms with Crippen molar-refractivity contribution in [1.82, 2.24) is 9.47 Å². The van der Waals surface area contributed by atoms with Gasteiger partial charge in [0, 0.05) is 37.2 Å². The van der Waals surface area contributed by atoms with Gasteiger partial charge in [0.25, 0.3) is 0 Å². The van der Waals surface area contributed by atoms with Gasteiger partial charge >= 0.3 is 0 Å². The largest absolute Gasteiger partial charge is 0.353 e. The number of carbonyl (C=O) groups excluding carboxylic acids is 1. The molecule has 106 valence electrons. The summed E-state index contributed by atoms with van der Waals surface area (Å²) < 4.78 is 2.15. The van der Waals surface area contributed by atoms with Crippen LogP contribution in [0.4, 0.5) is 0 Å². The molecule has 1 fully saturated rings. The Hall–Kier alpha value is -0.900. The van der Waals surface area contributed by atoms with E-state index in [4.69, 9.17) is 0 Å². The first-order valence-electron chi connectivity index (χ1n) is 7.05. The van der Waals surface area contributed by atoms with Crippen molar-refractivity contribution in [1.29, 1.82) is 0 Å². The number of hydrogen-bond acceptors (Lipinski definition) is 2. The van der Waals surface area contributed by atoms with E-state index in [0.717, 1.165) is 25.1 Å². The van der Waals surface area contributed by atoms with E-state index in [1.807, 2.05) is 0 Å². The molecule has 1 saturated heterocycles. The molecule has 0 radical (unpaired) electrons. The predicted octanol–water partition coefficient (Wildman–Crippen LogP) is 3.08. The van der Waals surface area contributed by atoms with Gasteiger partial charge in [0.05, 0.1) is 6.04 Å². The number of amides is 1. The number of nitrogens with zero attached hydrogens (tertiary/aromatic N) is 2. The Morgan fingerprint density at radius 3 is 2.95 bits per heavy atom. The van der Waals surface area contributed by atoms with Gasteiger partial charge < -0.3 is 9.47 Å². The highest BCUT2D eigenvalue weighted by atomic mass is 32.2. The summed E-state index contributed by atoms with van der Waals surface area (Å²) in [6.07, 6.45) is 7.58. The molecule has 1 aliphatic heterocycles. The number of aromatic nitrogens is 1. The molecule has 2 rings (SSSR count). The normalized spacial score (nSPS) is 21.4. The fourth-order valence-electron chi connectivity index (χ4n) is 2.93. The molecular weight excluding hydrogens is 256 g/mol. The third kappa shape index (κ3) is 3.16. The van der Waals surface area contributed by atoms with E-state index in [2.05, 4.69) is 48.0 Å². The van der Waals surface area contributed by atoms with Crippen LogP contribution < -0.4 is 0 Å². The molecule has 1 aromatic heterocycles. The Morgan fingerprint density at radius 1 is 1.53 bits per heavy atom. The summed E-state index contributed by atoms with van der Waals surface area (Å²) in [5.74, 6) is 1.35. The van der Waals surface area contributed by atoms with Gasteiger partial charge in [-0.05, 0) is 37.7 Å². The average molecular weight is 280 g/mol. The van der Waals surface area contributed by atoms with E-state index in [-0.39, 0.29) is 12.0 Å². The smallest absolute Gasteiger partial charge is 0.226 e. The van der Waals surface area contributed by atoms with E-state index < -0.39 is 0 Å². The number of likely N-dealkylation sites (tertiary alicyclic amines) is 1. The van der Waals surface area contributed by atoms with Crippen molar-refractivity contribution in [3.8, 4) is 0 Å². The van der Waals surface area contributed by atoms with Crippen LogP contribution in [0.3, 0.4) is 0 Å². The van der Waals surface area contributed by atoms with Crippen LogP contribution in [0.5, 0.6) is 0 Å². The van der Waals surface area contributed by atoms with Crippen molar-refractivity contribution in [2.45, 2.75) is 32.2 Å². The van der Waals surface area contributed by atoms with Crippen LogP contribution in [0.15, 0.2) is 18.3 Å². The topological polar surface area (TPSA) is 25.2 Å². The minimum Gasteiger partial charge on any atom is -0.353 e. The van der Waals surface area contributed by atoms with Crippen LogP contribution in [0.2, 0.25) is 0 Å². The molecule has 0 spiro atoms. The van der Waals surface area contributed by atoms with Crippen molar-refractivity contribution in [2.24, 2.45) is 13.0 Å². The van der Waals surface area contributed by atoms with Gasteiger partial charge in [0.15, 0.2) is 0 Å². The SMILES string of the molecule is CSC[C@H](C)C(=O)N1CCCC[C@H]1c1cccn1C. The number of rotatable bonds is 4. The molecule has 1 amide bonds. The Morgan fingerprint density at radius 2 is 2.32 bits per heavy atom. The fraction of sp³-hybridized carbons (Fsp3) is 0.667. The molecule has 2 atom stereocenters. The highest BCUT2D eigenvalue weighted by Gasteiger charge is 2.31. The molecule has 0 aliphatic carbocycles. The van der Waals surface area contributed by atoms with Crippen molar-refractivity contribution in [3.63, 3.8) is 0 Å². The quantitative estimate of drug-likeness (QED) is 0.847. The molecule has 19 heavy (non-hydrogen) atoms. The summed E-state index contributed by atoms with van der Waals surface area (Å²) in [5.41, 5.74) is 1.27. The maximum Gasteiger partial charge on any atom is 0.226 e. The second kappa shape index (κ2) is 6.51. The molecule has 0 aromatic carbocycles. The molecule has 0 saturated carbocycles. The minimum absolute atomic E-state index is 0.121. The first-order chi connectivity index (χ1) is 9.15. The van der Waals surface area contributed by atoms with Crippen molar-refractivity contribution < 1.29 is 4.79 Å². The predicted molar refractivity (Wildman–Crippen MR) is 81.3 cm³/mol.